The summed E-state index contributed by atoms with van der Waals surface area (Å²) >= 11 is 6.40. The summed E-state index contributed by atoms with van der Waals surface area (Å²) < 4.78 is 25.1. The first-order valence-corrected chi connectivity index (χ1v) is 26.2. The monoisotopic (exact) mass is 1060 g/mol. The van der Waals surface area contributed by atoms with Crippen molar-refractivity contribution >= 4 is 34.8 Å². The molecule has 77 heavy (non-hydrogen) atoms. The number of amides is 2. The number of hydrogen-bond acceptors (Lipinski definition) is 13. The fraction of sp³-hybridized carbons (Fsp3) is 0.293. The number of aryl methyl sites for hydroxylation is 1. The first-order chi connectivity index (χ1) is 37.4. The Labute approximate surface area is 450 Å². The Hall–Kier alpha value is -8.19. The summed E-state index contributed by atoms with van der Waals surface area (Å²) in [6, 6.07) is 36.1. The quantitative estimate of drug-likeness (QED) is 0.0677. The average Bonchev–Trinajstić information content (AvgIpc) is 4.30. The van der Waals surface area contributed by atoms with Gasteiger partial charge in [0.1, 0.15) is 30.5 Å². The van der Waals surface area contributed by atoms with Crippen molar-refractivity contribution < 1.29 is 23.5 Å². The lowest BCUT2D eigenvalue weighted by molar-refractivity contribution is 0.0922. The van der Waals surface area contributed by atoms with Gasteiger partial charge in [-0.3, -0.25) is 24.8 Å². The van der Waals surface area contributed by atoms with Gasteiger partial charge in [0.25, 0.3) is 11.8 Å². The topological polar surface area (TPSA) is 203 Å². The van der Waals surface area contributed by atoms with Crippen LogP contribution >= 0.6 is 11.6 Å². The summed E-state index contributed by atoms with van der Waals surface area (Å²) in [5, 5.41) is 29.5. The van der Waals surface area contributed by atoms with Crippen LogP contribution in [0.1, 0.15) is 86.8 Å². The summed E-state index contributed by atoms with van der Waals surface area (Å²) in [6.45, 7) is 6.28. The van der Waals surface area contributed by atoms with Crippen LogP contribution in [0.25, 0.3) is 22.8 Å². The summed E-state index contributed by atoms with van der Waals surface area (Å²) in [7, 11) is 4.23. The molecule has 2 fully saturated rings. The average molecular weight is 1060 g/mol. The zero-order chi connectivity index (χ0) is 53.1. The normalized spacial score (nSPS) is 18.4. The number of rotatable bonds is 12. The van der Waals surface area contributed by atoms with Crippen molar-refractivity contribution in [3.05, 3.63) is 184 Å². The molecule has 5 aromatic carbocycles. The molecule has 0 spiro atoms. The molecule has 4 aliphatic rings. The van der Waals surface area contributed by atoms with Gasteiger partial charge in [-0.25, -0.2) is 14.4 Å². The molecule has 4 aliphatic heterocycles. The van der Waals surface area contributed by atoms with Crippen LogP contribution < -0.4 is 30.7 Å². The van der Waals surface area contributed by atoms with Gasteiger partial charge in [0, 0.05) is 88.4 Å². The molecule has 0 radical (unpaired) electrons. The highest BCUT2D eigenvalue weighted by atomic mass is 35.5. The first-order valence-electron chi connectivity index (χ1n) is 25.8. The molecule has 2 amide bonds. The zero-order valence-electron chi connectivity index (χ0n) is 42.9. The molecule has 7 heterocycles. The number of fused-ring (bicyclic) bond motifs is 2. The number of halogens is 2. The Kier molecular flexibility index (Phi) is 14.4. The number of likely N-dealkylation sites (tertiary alicyclic amines) is 2. The number of pyridine rings is 1. The van der Waals surface area contributed by atoms with Gasteiger partial charge in [-0.15, -0.1) is 0 Å². The van der Waals surface area contributed by atoms with E-state index in [0.29, 0.717) is 51.5 Å². The van der Waals surface area contributed by atoms with Crippen molar-refractivity contribution in [2.75, 3.05) is 64.1 Å². The van der Waals surface area contributed by atoms with E-state index in [1.165, 1.54) is 17.7 Å². The van der Waals surface area contributed by atoms with Gasteiger partial charge in [-0.2, -0.15) is 10.2 Å². The minimum absolute atomic E-state index is 0.182. The molecule has 12 rings (SSSR count). The number of piperidine rings is 2. The highest BCUT2D eigenvalue weighted by molar-refractivity contribution is 6.31. The fourth-order valence-corrected chi connectivity index (χ4v) is 10.7. The Bertz CT molecular complexity index is 3390. The van der Waals surface area contributed by atoms with Gasteiger partial charge in [0.2, 0.25) is 0 Å². The van der Waals surface area contributed by atoms with E-state index in [9.17, 15) is 14.0 Å². The molecule has 0 saturated carbocycles. The van der Waals surface area contributed by atoms with Gasteiger partial charge >= 0.3 is 0 Å². The lowest BCUT2D eigenvalue weighted by atomic mass is 9.86. The van der Waals surface area contributed by atoms with E-state index >= 15 is 0 Å². The number of hydrogen-bond donors (Lipinski definition) is 6. The van der Waals surface area contributed by atoms with Gasteiger partial charge < -0.3 is 40.5 Å². The molecule has 2 atom stereocenters. The molecular formula is C58H59ClFN13O4. The predicted octanol–water partition coefficient (Wildman–Crippen LogP) is 9.23. The molecule has 0 bridgehead atoms. The highest BCUT2D eigenvalue weighted by Crippen LogP contribution is 2.40. The minimum atomic E-state index is -0.477. The SMILES string of the molecule is CN1CCC(Nc2cccc(C(=O)NC3COc4ccc(F)cc43)c2)(c2nc(-c3ccncc3)n[nH]2)CC1.Cc1ccc(-c2n[nH]c(C3(Nc4cccc(C(=O)NC5COc6cccc(Cl)c65)c4)CCN(C)CC3)n2)cc1. The number of anilines is 2. The number of nitrogens with zero attached hydrogens (tertiary/aromatic N) is 7. The third-order valence-electron chi connectivity index (χ3n) is 15.0. The van der Waals surface area contributed by atoms with E-state index in [0.717, 1.165) is 91.6 Å². The van der Waals surface area contributed by atoms with Crippen molar-refractivity contribution in [1.82, 2.24) is 55.8 Å². The van der Waals surface area contributed by atoms with Crippen LogP contribution in [0, 0.1) is 12.7 Å². The van der Waals surface area contributed by atoms with Gasteiger partial charge in [0.05, 0.1) is 23.2 Å². The summed E-state index contributed by atoms with van der Waals surface area (Å²) in [5.74, 6) is 3.36. The lowest BCUT2D eigenvalue weighted by Crippen LogP contribution is -2.46. The molecule has 6 N–H and O–H groups in total. The molecular weight excluding hydrogens is 997 g/mol. The van der Waals surface area contributed by atoms with Gasteiger partial charge in [-0.05, 0) is 126 Å². The Morgan fingerprint density at radius 1 is 0.636 bits per heavy atom. The minimum Gasteiger partial charge on any atom is -0.491 e. The van der Waals surface area contributed by atoms with Crippen molar-refractivity contribution in [1.29, 1.82) is 0 Å². The second kappa shape index (κ2) is 21.8. The van der Waals surface area contributed by atoms with Crippen LogP contribution in [0.4, 0.5) is 15.8 Å². The zero-order valence-corrected chi connectivity index (χ0v) is 43.7. The van der Waals surface area contributed by atoms with Crippen LogP contribution in [0.3, 0.4) is 0 Å². The van der Waals surface area contributed by atoms with Crippen LogP contribution in [0.5, 0.6) is 11.5 Å². The van der Waals surface area contributed by atoms with E-state index in [-0.39, 0.29) is 30.3 Å². The van der Waals surface area contributed by atoms with Crippen LogP contribution in [0.2, 0.25) is 5.02 Å². The maximum Gasteiger partial charge on any atom is 0.251 e. The first kappa shape index (κ1) is 50.9. The molecule has 8 aromatic rings. The molecule has 3 aromatic heterocycles. The number of H-pyrrole nitrogens is 2. The second-order valence-electron chi connectivity index (χ2n) is 20.3. The largest absolute Gasteiger partial charge is 0.491 e. The molecule has 394 valence electrons. The number of aromatic nitrogens is 7. The summed E-state index contributed by atoms with van der Waals surface area (Å²) in [5.41, 5.74) is 6.32. The molecule has 2 unspecified atom stereocenters. The van der Waals surface area contributed by atoms with E-state index in [2.05, 4.69) is 89.6 Å². The van der Waals surface area contributed by atoms with Gasteiger partial charge in [-0.1, -0.05) is 59.6 Å². The van der Waals surface area contributed by atoms with Crippen LogP contribution in [0.15, 0.2) is 134 Å². The summed E-state index contributed by atoms with van der Waals surface area (Å²) in [6.07, 6.45) is 6.75. The van der Waals surface area contributed by atoms with Crippen molar-refractivity contribution in [2.45, 2.75) is 55.8 Å². The maximum absolute atomic E-state index is 13.8. The van der Waals surface area contributed by atoms with E-state index in [1.807, 2.05) is 84.9 Å². The second-order valence-corrected chi connectivity index (χ2v) is 20.7. The number of aromatic amines is 2. The Balaban J connectivity index is 0.000000164. The van der Waals surface area contributed by atoms with Gasteiger partial charge in [0.15, 0.2) is 23.3 Å². The van der Waals surface area contributed by atoms with Crippen molar-refractivity contribution in [3.63, 3.8) is 0 Å². The number of benzene rings is 5. The van der Waals surface area contributed by atoms with E-state index < -0.39 is 17.1 Å². The third kappa shape index (κ3) is 11.1. The molecule has 17 nitrogen and oxygen atoms in total. The standard InChI is InChI=1S/C30H31ClN6O2.C28H28FN7O2/c1-19-9-11-20(12-10-19)27-33-29(36-35-27)30(13-15-37(2)16-14-30)34-22-6-3-5-21(17-22)28(38)32-24-18-39-25-8-4-7-23(31)26(24)25;1-36-13-9-28(10-14-36,27-32-25(34-35-27)18-7-11-30-12-8-18)33-21-4-2-3-19(15-21)26(37)31-23-17-38-24-6-5-20(29)16-22(23)24/h3-12,17,24,34H,13-16,18H2,1-2H3,(H,32,38)(H,33,35,36);2-8,11-12,15-16,23,33H,9-10,13-14,17H2,1H3,(H,31,37)(H,32,34,35). The highest BCUT2D eigenvalue weighted by Gasteiger charge is 2.41. The van der Waals surface area contributed by atoms with Crippen LogP contribution in [-0.4, -0.2) is 110 Å². The number of carbonyl (C=O) groups excluding carboxylic acids is 2. The Morgan fingerprint density at radius 2 is 1.16 bits per heavy atom. The van der Waals surface area contributed by atoms with Crippen LogP contribution in [-0.2, 0) is 11.1 Å². The number of ether oxygens (including phenoxy) is 2. The van der Waals surface area contributed by atoms with Crippen molar-refractivity contribution in [2.24, 2.45) is 0 Å². The smallest absolute Gasteiger partial charge is 0.251 e. The third-order valence-corrected chi connectivity index (χ3v) is 15.3. The lowest BCUT2D eigenvalue weighted by Gasteiger charge is -2.40. The molecule has 2 saturated heterocycles. The number of nitrogens with one attached hydrogen (secondary N) is 6. The maximum atomic E-state index is 13.8. The molecule has 0 aliphatic carbocycles. The van der Waals surface area contributed by atoms with Crippen molar-refractivity contribution in [3.8, 4) is 34.3 Å². The fourth-order valence-electron chi connectivity index (χ4n) is 10.4. The van der Waals surface area contributed by atoms with E-state index in [4.69, 9.17) is 31.0 Å². The van der Waals surface area contributed by atoms with E-state index in [1.54, 1.807) is 24.5 Å². The summed E-state index contributed by atoms with van der Waals surface area (Å²) in [4.78, 5) is 44.9. The number of carbonyl (C=O) groups is 2. The molecule has 19 heteroatoms. The predicted molar refractivity (Wildman–Crippen MR) is 292 cm³/mol. The Morgan fingerprint density at radius 3 is 1.74 bits per heavy atom.